The van der Waals surface area contributed by atoms with Crippen molar-refractivity contribution in [1.29, 1.82) is 0 Å². The van der Waals surface area contributed by atoms with Crippen LogP contribution in [0.4, 0.5) is 14.5 Å². The number of hydrogen-bond donors (Lipinski definition) is 2. The van der Waals surface area contributed by atoms with Crippen molar-refractivity contribution in [3.8, 4) is 0 Å². The smallest absolute Gasteiger partial charge is 0.348 e. The Morgan fingerprint density at radius 2 is 1.70 bits per heavy atom. The minimum absolute atomic E-state index is 0.0816. The molecule has 0 fully saturated rings. The summed E-state index contributed by atoms with van der Waals surface area (Å²) < 4.78 is 28.6. The SMILES string of the molecule is Cc1ccc(CNC(=O)c2ccc3nn(CC(=O)Nc4cc(F)cc(F)c4)c(=O)n3c2)cc1. The van der Waals surface area contributed by atoms with Crippen LogP contribution in [0.25, 0.3) is 5.65 Å². The van der Waals surface area contributed by atoms with Crippen LogP contribution in [-0.2, 0) is 17.9 Å². The quantitative estimate of drug-likeness (QED) is 0.471. The molecule has 0 aliphatic heterocycles. The number of carbonyl (C=O) groups excluding carboxylic acids is 2. The van der Waals surface area contributed by atoms with Crippen molar-refractivity contribution >= 4 is 23.1 Å². The molecule has 168 valence electrons. The molecule has 2 N–H and O–H groups in total. The second-order valence-corrected chi connectivity index (χ2v) is 7.46. The monoisotopic (exact) mass is 451 g/mol. The summed E-state index contributed by atoms with van der Waals surface area (Å²) >= 11 is 0. The van der Waals surface area contributed by atoms with Crippen LogP contribution in [0, 0.1) is 18.6 Å². The number of amides is 2. The van der Waals surface area contributed by atoms with Gasteiger partial charge in [0.05, 0.1) is 5.56 Å². The molecule has 2 amide bonds. The van der Waals surface area contributed by atoms with Crippen LogP contribution < -0.4 is 16.3 Å². The van der Waals surface area contributed by atoms with Crippen LogP contribution in [0.3, 0.4) is 0 Å². The highest BCUT2D eigenvalue weighted by Crippen LogP contribution is 2.13. The van der Waals surface area contributed by atoms with E-state index in [2.05, 4.69) is 15.7 Å². The van der Waals surface area contributed by atoms with Crippen LogP contribution in [-0.4, -0.2) is 26.0 Å². The van der Waals surface area contributed by atoms with E-state index in [9.17, 15) is 23.2 Å². The molecule has 0 saturated carbocycles. The molecule has 0 aliphatic carbocycles. The highest BCUT2D eigenvalue weighted by Gasteiger charge is 2.14. The van der Waals surface area contributed by atoms with E-state index in [1.54, 1.807) is 0 Å². The maximum atomic E-state index is 13.3. The summed E-state index contributed by atoms with van der Waals surface area (Å²) in [5.74, 6) is -2.75. The molecule has 8 nitrogen and oxygen atoms in total. The molecule has 4 rings (SSSR count). The number of halogens is 2. The summed E-state index contributed by atoms with van der Waals surface area (Å²) in [6.07, 6.45) is 1.34. The number of nitrogens with zero attached hydrogens (tertiary/aromatic N) is 3. The van der Waals surface area contributed by atoms with Crippen molar-refractivity contribution in [2.75, 3.05) is 5.32 Å². The molecule has 33 heavy (non-hydrogen) atoms. The topological polar surface area (TPSA) is 97.5 Å². The molecule has 2 heterocycles. The van der Waals surface area contributed by atoms with Crippen LogP contribution in [0.5, 0.6) is 0 Å². The molecule has 2 aromatic heterocycles. The number of aryl methyl sites for hydroxylation is 1. The van der Waals surface area contributed by atoms with Gasteiger partial charge in [0.15, 0.2) is 5.65 Å². The maximum absolute atomic E-state index is 13.3. The summed E-state index contributed by atoms with van der Waals surface area (Å²) in [6.45, 7) is 1.82. The van der Waals surface area contributed by atoms with E-state index >= 15 is 0 Å². The molecule has 0 spiro atoms. The molecular weight excluding hydrogens is 432 g/mol. The van der Waals surface area contributed by atoms with E-state index in [1.807, 2.05) is 31.2 Å². The summed E-state index contributed by atoms with van der Waals surface area (Å²) in [4.78, 5) is 37.4. The molecule has 10 heteroatoms. The number of anilines is 1. The molecule has 0 unspecified atom stereocenters. The van der Waals surface area contributed by atoms with Crippen molar-refractivity contribution in [1.82, 2.24) is 19.5 Å². The Balaban J connectivity index is 1.47. The van der Waals surface area contributed by atoms with Gasteiger partial charge < -0.3 is 10.6 Å². The zero-order chi connectivity index (χ0) is 23.5. The molecule has 0 atom stereocenters. The molecule has 2 aromatic carbocycles. The fourth-order valence-corrected chi connectivity index (χ4v) is 3.21. The van der Waals surface area contributed by atoms with E-state index in [0.29, 0.717) is 12.6 Å². The first kappa shape index (κ1) is 21.9. The number of benzene rings is 2. The van der Waals surface area contributed by atoms with Gasteiger partial charge in [-0.3, -0.25) is 9.59 Å². The van der Waals surface area contributed by atoms with Crippen molar-refractivity contribution in [3.05, 3.63) is 99.6 Å². The third-order valence-corrected chi connectivity index (χ3v) is 4.85. The van der Waals surface area contributed by atoms with Gasteiger partial charge in [0.1, 0.15) is 18.2 Å². The van der Waals surface area contributed by atoms with E-state index in [-0.39, 0.29) is 22.8 Å². The summed E-state index contributed by atoms with van der Waals surface area (Å²) in [6, 6.07) is 13.3. The second kappa shape index (κ2) is 9.03. The second-order valence-electron chi connectivity index (χ2n) is 7.46. The fourth-order valence-electron chi connectivity index (χ4n) is 3.21. The van der Waals surface area contributed by atoms with Gasteiger partial charge in [0, 0.05) is 24.5 Å². The zero-order valence-electron chi connectivity index (χ0n) is 17.5. The molecule has 0 saturated heterocycles. The molecule has 4 aromatic rings. The zero-order valence-corrected chi connectivity index (χ0v) is 17.5. The first-order valence-corrected chi connectivity index (χ1v) is 9.97. The van der Waals surface area contributed by atoms with Gasteiger partial charge in [0.25, 0.3) is 5.91 Å². The standard InChI is InChI=1S/C23H19F2N5O3/c1-14-2-4-15(5-3-14)11-26-22(32)16-6-7-20-28-30(23(33)29(20)12-16)13-21(31)27-19-9-17(24)8-18(25)10-19/h2-10,12H,11,13H2,1H3,(H,26,32)(H,27,31). The normalized spacial score (nSPS) is 10.9. The number of aromatic nitrogens is 3. The summed E-state index contributed by atoms with van der Waals surface area (Å²) in [5, 5.41) is 9.16. The van der Waals surface area contributed by atoms with E-state index < -0.39 is 29.8 Å². The minimum Gasteiger partial charge on any atom is -0.348 e. The van der Waals surface area contributed by atoms with Crippen LogP contribution >= 0.6 is 0 Å². The Bertz CT molecular complexity index is 1390. The van der Waals surface area contributed by atoms with Crippen molar-refractivity contribution in [2.24, 2.45) is 0 Å². The number of hydrogen-bond acceptors (Lipinski definition) is 4. The predicted molar refractivity (Wildman–Crippen MR) is 117 cm³/mol. The Morgan fingerprint density at radius 1 is 1.00 bits per heavy atom. The molecular formula is C23H19F2N5O3. The van der Waals surface area contributed by atoms with Gasteiger partial charge >= 0.3 is 5.69 Å². The minimum atomic E-state index is -0.844. The number of pyridine rings is 1. The maximum Gasteiger partial charge on any atom is 0.350 e. The number of nitrogens with one attached hydrogen (secondary N) is 2. The van der Waals surface area contributed by atoms with Crippen molar-refractivity contribution < 1.29 is 18.4 Å². The van der Waals surface area contributed by atoms with Gasteiger partial charge in [-0.2, -0.15) is 0 Å². The third kappa shape index (κ3) is 5.12. The third-order valence-electron chi connectivity index (χ3n) is 4.85. The fraction of sp³-hybridized carbons (Fsp3) is 0.130. The molecule has 0 aliphatic rings. The summed E-state index contributed by atoms with van der Waals surface area (Å²) in [5.41, 5.74) is 1.81. The van der Waals surface area contributed by atoms with Crippen molar-refractivity contribution in [2.45, 2.75) is 20.0 Å². The van der Waals surface area contributed by atoms with Gasteiger partial charge in [-0.1, -0.05) is 29.8 Å². The van der Waals surface area contributed by atoms with Crippen LogP contribution in [0.2, 0.25) is 0 Å². The average Bonchev–Trinajstić information content (AvgIpc) is 3.07. The highest BCUT2D eigenvalue weighted by molar-refractivity contribution is 5.94. The van der Waals surface area contributed by atoms with Gasteiger partial charge in [0.2, 0.25) is 5.91 Å². The lowest BCUT2D eigenvalue weighted by Gasteiger charge is -2.06. The van der Waals surface area contributed by atoms with Gasteiger partial charge in [-0.25, -0.2) is 22.7 Å². The molecule has 0 radical (unpaired) electrons. The highest BCUT2D eigenvalue weighted by atomic mass is 19.1. The van der Waals surface area contributed by atoms with E-state index in [1.165, 1.54) is 18.3 Å². The Kier molecular flexibility index (Phi) is 5.99. The van der Waals surface area contributed by atoms with Crippen LogP contribution in [0.15, 0.2) is 65.6 Å². The van der Waals surface area contributed by atoms with Crippen LogP contribution in [0.1, 0.15) is 21.5 Å². The first-order valence-electron chi connectivity index (χ1n) is 9.97. The van der Waals surface area contributed by atoms with E-state index in [4.69, 9.17) is 0 Å². The average molecular weight is 451 g/mol. The van der Waals surface area contributed by atoms with E-state index in [0.717, 1.165) is 32.3 Å². The summed E-state index contributed by atoms with van der Waals surface area (Å²) in [7, 11) is 0. The first-order chi connectivity index (χ1) is 15.8. The largest absolute Gasteiger partial charge is 0.350 e. The number of rotatable bonds is 6. The lowest BCUT2D eigenvalue weighted by molar-refractivity contribution is -0.117. The predicted octanol–water partition coefficient (Wildman–Crippen LogP) is 2.65. The van der Waals surface area contributed by atoms with Gasteiger partial charge in [-0.15, -0.1) is 5.10 Å². The Labute approximate surface area is 186 Å². The number of fused-ring (bicyclic) bond motifs is 1. The molecule has 0 bridgehead atoms. The Morgan fingerprint density at radius 3 is 2.39 bits per heavy atom. The number of carbonyl (C=O) groups is 2. The Hall–Kier alpha value is -4.34. The van der Waals surface area contributed by atoms with Crippen molar-refractivity contribution in [3.63, 3.8) is 0 Å². The lowest BCUT2D eigenvalue weighted by Crippen LogP contribution is -2.28. The lowest BCUT2D eigenvalue weighted by atomic mass is 10.1. The van der Waals surface area contributed by atoms with Gasteiger partial charge in [-0.05, 0) is 36.8 Å².